The molecule has 0 aliphatic heterocycles. The SMILES string of the molecule is CN(C)NCc1c(F)cccc1Br. The molecule has 0 aliphatic rings. The van der Waals surface area contributed by atoms with Crippen LogP contribution in [0.15, 0.2) is 22.7 Å². The Morgan fingerprint density at radius 2 is 2.15 bits per heavy atom. The van der Waals surface area contributed by atoms with E-state index in [1.165, 1.54) is 6.07 Å². The molecule has 1 aromatic rings. The summed E-state index contributed by atoms with van der Waals surface area (Å²) >= 11 is 3.30. The molecule has 0 heterocycles. The lowest BCUT2D eigenvalue weighted by atomic mass is 10.2. The van der Waals surface area contributed by atoms with Crippen LogP contribution < -0.4 is 5.43 Å². The smallest absolute Gasteiger partial charge is 0.128 e. The van der Waals surface area contributed by atoms with Crippen molar-refractivity contribution in [2.24, 2.45) is 0 Å². The predicted molar refractivity (Wildman–Crippen MR) is 54.6 cm³/mol. The van der Waals surface area contributed by atoms with E-state index in [0.717, 1.165) is 4.47 Å². The van der Waals surface area contributed by atoms with Crippen molar-refractivity contribution in [3.63, 3.8) is 0 Å². The van der Waals surface area contributed by atoms with Gasteiger partial charge in [0, 0.05) is 30.7 Å². The number of nitrogens with zero attached hydrogens (tertiary/aromatic N) is 1. The molecule has 72 valence electrons. The van der Waals surface area contributed by atoms with Crippen LogP contribution in [0.25, 0.3) is 0 Å². The van der Waals surface area contributed by atoms with Crippen LogP contribution in [0.4, 0.5) is 4.39 Å². The molecule has 0 fully saturated rings. The van der Waals surface area contributed by atoms with Crippen molar-refractivity contribution in [1.29, 1.82) is 0 Å². The lowest BCUT2D eigenvalue weighted by Crippen LogP contribution is -2.30. The monoisotopic (exact) mass is 246 g/mol. The fourth-order valence-electron chi connectivity index (χ4n) is 0.938. The Kier molecular flexibility index (Phi) is 3.84. The zero-order valence-corrected chi connectivity index (χ0v) is 9.23. The first-order chi connectivity index (χ1) is 6.11. The highest BCUT2D eigenvalue weighted by Gasteiger charge is 2.05. The van der Waals surface area contributed by atoms with E-state index >= 15 is 0 Å². The van der Waals surface area contributed by atoms with Gasteiger partial charge in [0.25, 0.3) is 0 Å². The first kappa shape index (κ1) is 10.6. The molecule has 0 saturated carbocycles. The van der Waals surface area contributed by atoms with E-state index in [0.29, 0.717) is 12.1 Å². The highest BCUT2D eigenvalue weighted by Crippen LogP contribution is 2.19. The first-order valence-corrected chi connectivity index (χ1v) is 4.74. The summed E-state index contributed by atoms with van der Waals surface area (Å²) in [7, 11) is 3.74. The van der Waals surface area contributed by atoms with Crippen molar-refractivity contribution in [2.45, 2.75) is 6.54 Å². The van der Waals surface area contributed by atoms with Crippen LogP contribution in [-0.2, 0) is 6.54 Å². The van der Waals surface area contributed by atoms with Crippen molar-refractivity contribution < 1.29 is 4.39 Å². The largest absolute Gasteiger partial charge is 0.251 e. The molecule has 1 aromatic carbocycles. The molecule has 0 spiro atoms. The Morgan fingerprint density at radius 3 is 2.69 bits per heavy atom. The summed E-state index contributed by atoms with van der Waals surface area (Å²) in [5.41, 5.74) is 3.66. The standard InChI is InChI=1S/C9H12BrFN2/c1-13(2)12-6-7-8(10)4-3-5-9(7)11/h3-5,12H,6H2,1-2H3. The summed E-state index contributed by atoms with van der Waals surface area (Å²) in [5.74, 6) is -0.191. The maximum Gasteiger partial charge on any atom is 0.128 e. The van der Waals surface area contributed by atoms with Gasteiger partial charge < -0.3 is 0 Å². The van der Waals surface area contributed by atoms with E-state index in [1.54, 1.807) is 11.1 Å². The maximum absolute atomic E-state index is 13.2. The second kappa shape index (κ2) is 4.69. The summed E-state index contributed by atoms with van der Waals surface area (Å²) < 4.78 is 14.0. The Balaban J connectivity index is 2.75. The van der Waals surface area contributed by atoms with Gasteiger partial charge in [-0.05, 0) is 12.1 Å². The van der Waals surface area contributed by atoms with E-state index in [1.807, 2.05) is 20.2 Å². The number of benzene rings is 1. The molecular formula is C9H12BrFN2. The van der Waals surface area contributed by atoms with Gasteiger partial charge in [0.05, 0.1) is 0 Å². The molecule has 0 atom stereocenters. The van der Waals surface area contributed by atoms with Gasteiger partial charge >= 0.3 is 0 Å². The molecule has 1 rings (SSSR count). The van der Waals surface area contributed by atoms with Crippen molar-refractivity contribution >= 4 is 15.9 Å². The molecule has 4 heteroatoms. The van der Waals surface area contributed by atoms with Crippen LogP contribution in [0.5, 0.6) is 0 Å². The molecule has 0 unspecified atom stereocenters. The van der Waals surface area contributed by atoms with Gasteiger partial charge in [-0.25, -0.2) is 4.39 Å². The van der Waals surface area contributed by atoms with Crippen molar-refractivity contribution in [2.75, 3.05) is 14.1 Å². The van der Waals surface area contributed by atoms with E-state index < -0.39 is 0 Å². The molecule has 0 aliphatic carbocycles. The van der Waals surface area contributed by atoms with Crippen LogP contribution in [-0.4, -0.2) is 19.1 Å². The minimum atomic E-state index is -0.191. The van der Waals surface area contributed by atoms with E-state index in [2.05, 4.69) is 21.4 Å². The second-order valence-electron chi connectivity index (χ2n) is 2.93. The van der Waals surface area contributed by atoms with Crippen LogP contribution in [0.2, 0.25) is 0 Å². The third kappa shape index (κ3) is 3.06. The third-order valence-electron chi connectivity index (χ3n) is 1.63. The number of rotatable bonds is 3. The lowest BCUT2D eigenvalue weighted by molar-refractivity contribution is 0.283. The van der Waals surface area contributed by atoms with Gasteiger partial charge in [-0.3, -0.25) is 10.4 Å². The van der Waals surface area contributed by atoms with Crippen molar-refractivity contribution in [1.82, 2.24) is 10.4 Å². The van der Waals surface area contributed by atoms with Crippen LogP contribution >= 0.6 is 15.9 Å². The number of hydrazine groups is 1. The summed E-state index contributed by atoms with van der Waals surface area (Å²) in [6.07, 6.45) is 0. The number of nitrogens with one attached hydrogen (secondary N) is 1. The summed E-state index contributed by atoms with van der Waals surface area (Å²) in [4.78, 5) is 0. The van der Waals surface area contributed by atoms with Gasteiger partial charge in [0.2, 0.25) is 0 Å². The third-order valence-corrected chi connectivity index (χ3v) is 2.38. The molecule has 0 radical (unpaired) electrons. The highest BCUT2D eigenvalue weighted by molar-refractivity contribution is 9.10. The first-order valence-electron chi connectivity index (χ1n) is 3.95. The zero-order chi connectivity index (χ0) is 9.84. The summed E-state index contributed by atoms with van der Waals surface area (Å²) in [6, 6.07) is 4.96. The Bertz CT molecular complexity index is 269. The molecule has 0 amide bonds. The fraction of sp³-hybridized carbons (Fsp3) is 0.333. The fourth-order valence-corrected chi connectivity index (χ4v) is 1.42. The minimum absolute atomic E-state index is 0.191. The summed E-state index contributed by atoms with van der Waals surface area (Å²) in [5, 5.41) is 1.79. The Morgan fingerprint density at radius 1 is 1.46 bits per heavy atom. The van der Waals surface area contributed by atoms with Gasteiger partial charge in [-0.2, -0.15) is 0 Å². The topological polar surface area (TPSA) is 15.3 Å². The molecule has 1 N–H and O–H groups in total. The zero-order valence-electron chi connectivity index (χ0n) is 7.64. The van der Waals surface area contributed by atoms with E-state index in [4.69, 9.17) is 0 Å². The van der Waals surface area contributed by atoms with Gasteiger partial charge in [-0.1, -0.05) is 22.0 Å². The molecule has 13 heavy (non-hydrogen) atoms. The average molecular weight is 247 g/mol. The molecule has 0 aromatic heterocycles. The Labute approximate surface area is 85.8 Å². The van der Waals surface area contributed by atoms with Crippen molar-refractivity contribution in [3.05, 3.63) is 34.1 Å². The van der Waals surface area contributed by atoms with Crippen LogP contribution in [0.1, 0.15) is 5.56 Å². The number of hydrogen-bond donors (Lipinski definition) is 1. The number of halogens is 2. The molecule has 0 bridgehead atoms. The van der Waals surface area contributed by atoms with Gasteiger partial charge in [0.15, 0.2) is 0 Å². The average Bonchev–Trinajstić information content (AvgIpc) is 2.03. The molecule has 0 saturated heterocycles. The minimum Gasteiger partial charge on any atom is -0.251 e. The quantitative estimate of drug-likeness (QED) is 0.823. The van der Waals surface area contributed by atoms with E-state index in [9.17, 15) is 4.39 Å². The second-order valence-corrected chi connectivity index (χ2v) is 3.78. The van der Waals surface area contributed by atoms with Crippen LogP contribution in [0, 0.1) is 5.82 Å². The predicted octanol–water partition coefficient (Wildman–Crippen LogP) is 2.15. The van der Waals surface area contributed by atoms with Crippen molar-refractivity contribution in [3.8, 4) is 0 Å². The normalized spacial score (nSPS) is 10.8. The summed E-state index contributed by atoms with van der Waals surface area (Å²) in [6.45, 7) is 0.486. The maximum atomic E-state index is 13.2. The molecule has 2 nitrogen and oxygen atoms in total. The van der Waals surface area contributed by atoms with Gasteiger partial charge in [0.1, 0.15) is 5.82 Å². The van der Waals surface area contributed by atoms with Crippen LogP contribution in [0.3, 0.4) is 0 Å². The lowest BCUT2D eigenvalue weighted by Gasteiger charge is -2.13. The van der Waals surface area contributed by atoms with E-state index in [-0.39, 0.29) is 5.82 Å². The molecular weight excluding hydrogens is 235 g/mol. The highest BCUT2D eigenvalue weighted by atomic mass is 79.9. The Hall–Kier alpha value is -0.450. The number of hydrogen-bond acceptors (Lipinski definition) is 2. The van der Waals surface area contributed by atoms with Gasteiger partial charge in [-0.15, -0.1) is 0 Å².